The summed E-state index contributed by atoms with van der Waals surface area (Å²) in [5.41, 5.74) is 7.80. The number of carbonyl (C=O) groups excluding carboxylic acids is 1. The van der Waals surface area contributed by atoms with E-state index in [1.807, 2.05) is 13.0 Å². The summed E-state index contributed by atoms with van der Waals surface area (Å²) in [7, 11) is 0. The van der Waals surface area contributed by atoms with Gasteiger partial charge >= 0.3 is 0 Å². The molecule has 0 atom stereocenters. The number of hydrogen-bond acceptors (Lipinski definition) is 3. The van der Waals surface area contributed by atoms with E-state index in [1.165, 1.54) is 11.1 Å². The molecule has 0 unspecified atom stereocenters. The summed E-state index contributed by atoms with van der Waals surface area (Å²) >= 11 is 0. The second-order valence-corrected chi connectivity index (χ2v) is 8.77. The van der Waals surface area contributed by atoms with Crippen LogP contribution in [0.5, 0.6) is 0 Å². The lowest BCUT2D eigenvalue weighted by Crippen LogP contribution is -2.43. The van der Waals surface area contributed by atoms with Gasteiger partial charge in [-0.1, -0.05) is 24.3 Å². The molecule has 28 heavy (non-hydrogen) atoms. The number of carbonyl (C=O) groups is 1. The van der Waals surface area contributed by atoms with Gasteiger partial charge < -0.3 is 15.6 Å². The molecule has 0 radical (unpaired) electrons. The molecule has 1 saturated carbocycles. The number of nitrogens with one attached hydrogen (secondary N) is 3. The molecule has 1 spiro atoms. The molecule has 2 aromatic carbocycles. The van der Waals surface area contributed by atoms with Crippen molar-refractivity contribution < 1.29 is 4.79 Å². The number of anilines is 1. The first-order valence-electron chi connectivity index (χ1n) is 10.3. The third-order valence-electron chi connectivity index (χ3n) is 6.58. The maximum Gasteiger partial charge on any atom is 0.251 e. The van der Waals surface area contributed by atoms with Gasteiger partial charge in [-0.05, 0) is 68.2 Å². The molecule has 0 bridgehead atoms. The summed E-state index contributed by atoms with van der Waals surface area (Å²) in [6, 6.07) is 11.1. The Bertz CT molecular complexity index is 1100. The molecule has 3 aromatic rings. The predicted octanol–water partition coefficient (Wildman–Crippen LogP) is 3.66. The number of aromatic nitrogens is 2. The Morgan fingerprint density at radius 3 is 2.68 bits per heavy atom. The van der Waals surface area contributed by atoms with E-state index < -0.39 is 0 Å². The number of nitrogens with zero attached hydrogens (tertiary/aromatic N) is 1. The number of hydrogen-bond donors (Lipinski definition) is 3. The Hall–Kier alpha value is -2.82. The smallest absolute Gasteiger partial charge is 0.251 e. The number of amides is 1. The van der Waals surface area contributed by atoms with Crippen molar-refractivity contribution in [2.24, 2.45) is 0 Å². The van der Waals surface area contributed by atoms with Crippen LogP contribution >= 0.6 is 0 Å². The maximum atomic E-state index is 12.9. The van der Waals surface area contributed by atoms with Crippen LogP contribution in [0.3, 0.4) is 0 Å². The maximum absolute atomic E-state index is 12.9. The van der Waals surface area contributed by atoms with Gasteiger partial charge in [0.1, 0.15) is 11.3 Å². The molecule has 1 fully saturated rings. The molecule has 2 heterocycles. The normalized spacial score (nSPS) is 19.3. The van der Waals surface area contributed by atoms with Gasteiger partial charge in [-0.15, -0.1) is 0 Å². The minimum Gasteiger partial charge on any atom is -0.377 e. The molecule has 142 valence electrons. The summed E-state index contributed by atoms with van der Waals surface area (Å²) in [4.78, 5) is 21.0. The molecule has 0 saturated heterocycles. The van der Waals surface area contributed by atoms with Gasteiger partial charge in [0.15, 0.2) is 0 Å². The van der Waals surface area contributed by atoms with Crippen LogP contribution in [0, 0.1) is 6.92 Å². The molecule has 5 heteroatoms. The van der Waals surface area contributed by atoms with Gasteiger partial charge in [0.2, 0.25) is 0 Å². The minimum absolute atomic E-state index is 0.0298. The summed E-state index contributed by atoms with van der Waals surface area (Å²) in [5.74, 6) is 0.938. The van der Waals surface area contributed by atoms with Crippen LogP contribution in [-0.4, -0.2) is 27.5 Å². The van der Waals surface area contributed by atoms with Gasteiger partial charge in [-0.2, -0.15) is 0 Å². The lowest BCUT2D eigenvalue weighted by Gasteiger charge is -2.37. The predicted molar refractivity (Wildman–Crippen MR) is 110 cm³/mol. The van der Waals surface area contributed by atoms with Gasteiger partial charge in [0.05, 0.1) is 11.2 Å². The molecule has 1 aromatic heterocycles. The van der Waals surface area contributed by atoms with Crippen molar-refractivity contribution in [3.63, 3.8) is 0 Å². The fourth-order valence-electron chi connectivity index (χ4n) is 5.05. The highest BCUT2D eigenvalue weighted by Gasteiger charge is 2.41. The van der Waals surface area contributed by atoms with Crippen LogP contribution < -0.4 is 10.6 Å². The first-order valence-corrected chi connectivity index (χ1v) is 10.3. The van der Waals surface area contributed by atoms with Crippen molar-refractivity contribution in [1.82, 2.24) is 15.3 Å². The highest BCUT2D eigenvalue weighted by Crippen LogP contribution is 2.44. The Balaban J connectivity index is 1.45. The zero-order valence-corrected chi connectivity index (χ0v) is 16.1. The molecule has 1 aliphatic heterocycles. The lowest BCUT2D eigenvalue weighted by atomic mass is 9.82. The molecular formula is C23H24N4O. The van der Waals surface area contributed by atoms with Crippen molar-refractivity contribution >= 4 is 22.6 Å². The third-order valence-corrected chi connectivity index (χ3v) is 6.58. The van der Waals surface area contributed by atoms with E-state index in [1.54, 1.807) is 0 Å². The van der Waals surface area contributed by atoms with Crippen LogP contribution in [-0.2, 0) is 19.3 Å². The van der Waals surface area contributed by atoms with Crippen molar-refractivity contribution in [2.75, 3.05) is 5.32 Å². The first-order chi connectivity index (χ1) is 13.6. The van der Waals surface area contributed by atoms with Crippen LogP contribution in [0.15, 0.2) is 30.3 Å². The van der Waals surface area contributed by atoms with E-state index in [2.05, 4.69) is 39.9 Å². The van der Waals surface area contributed by atoms with Crippen molar-refractivity contribution in [3.05, 3.63) is 58.4 Å². The zero-order chi connectivity index (χ0) is 18.9. The van der Waals surface area contributed by atoms with E-state index in [4.69, 9.17) is 4.98 Å². The minimum atomic E-state index is 0.0298. The van der Waals surface area contributed by atoms with E-state index in [9.17, 15) is 4.79 Å². The number of benzene rings is 2. The number of fused-ring (bicyclic) bond motifs is 4. The summed E-state index contributed by atoms with van der Waals surface area (Å²) in [6.45, 7) is 1.97. The molecule has 3 N–H and O–H groups in total. The SMILES string of the molecule is Cc1nc2c3c(c(C(=O)NC4CC4)cc2[nH]1)CCC1(Cc2ccccc2C1)N3. The van der Waals surface area contributed by atoms with Gasteiger partial charge in [-0.25, -0.2) is 4.98 Å². The number of aromatic amines is 1. The van der Waals surface area contributed by atoms with Crippen molar-refractivity contribution in [1.29, 1.82) is 0 Å². The van der Waals surface area contributed by atoms with E-state index >= 15 is 0 Å². The number of aryl methyl sites for hydroxylation is 1. The molecule has 6 rings (SSSR count). The topological polar surface area (TPSA) is 69.8 Å². The van der Waals surface area contributed by atoms with Crippen LogP contribution in [0.1, 0.15) is 52.1 Å². The summed E-state index contributed by atoms with van der Waals surface area (Å²) in [6.07, 6.45) is 6.20. The van der Waals surface area contributed by atoms with Gasteiger partial charge in [0.25, 0.3) is 5.91 Å². The molecular weight excluding hydrogens is 348 g/mol. The average Bonchev–Trinajstić information content (AvgIpc) is 3.29. The van der Waals surface area contributed by atoms with Crippen molar-refractivity contribution in [2.45, 2.75) is 57.0 Å². The average molecular weight is 372 g/mol. The molecule has 5 nitrogen and oxygen atoms in total. The van der Waals surface area contributed by atoms with Crippen molar-refractivity contribution in [3.8, 4) is 0 Å². The Kier molecular flexibility index (Phi) is 3.23. The van der Waals surface area contributed by atoms with Crippen LogP contribution in [0.4, 0.5) is 5.69 Å². The monoisotopic (exact) mass is 372 g/mol. The number of rotatable bonds is 2. The summed E-state index contributed by atoms with van der Waals surface area (Å²) < 4.78 is 0. The highest BCUT2D eigenvalue weighted by atomic mass is 16.1. The molecule has 3 aliphatic rings. The van der Waals surface area contributed by atoms with Gasteiger partial charge in [0, 0.05) is 17.1 Å². The lowest BCUT2D eigenvalue weighted by molar-refractivity contribution is 0.0950. The Morgan fingerprint density at radius 1 is 1.21 bits per heavy atom. The van der Waals surface area contributed by atoms with Crippen LogP contribution in [0.25, 0.3) is 11.0 Å². The number of imidazole rings is 1. The fourth-order valence-corrected chi connectivity index (χ4v) is 5.05. The number of H-pyrrole nitrogens is 1. The highest BCUT2D eigenvalue weighted by molar-refractivity contribution is 6.04. The van der Waals surface area contributed by atoms with Gasteiger partial charge in [-0.3, -0.25) is 4.79 Å². The summed E-state index contributed by atoms with van der Waals surface area (Å²) in [5, 5.41) is 7.04. The zero-order valence-electron chi connectivity index (χ0n) is 16.1. The fraction of sp³-hybridized carbons (Fsp3) is 0.391. The third kappa shape index (κ3) is 2.45. The van der Waals surface area contributed by atoms with E-state index in [0.29, 0.717) is 6.04 Å². The Labute approximate surface area is 163 Å². The largest absolute Gasteiger partial charge is 0.377 e. The standard InChI is InChI=1S/C23H24N4O/c1-13-24-19-10-18(22(28)26-16-6-7-16)17-8-9-23(27-20(17)21(19)25-13)11-14-4-2-3-5-15(14)12-23/h2-5,10,16,27H,6-9,11-12H2,1H3,(H,24,25)(H,26,28). The van der Waals surface area contributed by atoms with Crippen LogP contribution in [0.2, 0.25) is 0 Å². The molecule has 1 amide bonds. The Morgan fingerprint density at radius 2 is 1.96 bits per heavy atom. The molecule has 2 aliphatic carbocycles. The second-order valence-electron chi connectivity index (χ2n) is 8.77. The van der Waals surface area contributed by atoms with E-state index in [-0.39, 0.29) is 11.4 Å². The van der Waals surface area contributed by atoms with E-state index in [0.717, 1.165) is 72.2 Å². The second kappa shape index (κ2) is 5.60. The first kappa shape index (κ1) is 16.2. The quantitative estimate of drug-likeness (QED) is 0.643.